The molecular weight excluding hydrogens is 275 g/mol. The van der Waals surface area contributed by atoms with Crippen LogP contribution in [-0.4, -0.2) is 0 Å². The lowest BCUT2D eigenvalue weighted by atomic mass is 9.81. The Morgan fingerprint density at radius 3 is 2.24 bits per heavy atom. The zero-order chi connectivity index (χ0) is 15.0. The Morgan fingerprint density at radius 1 is 0.952 bits per heavy atom. The average Bonchev–Trinajstić information content (AvgIpc) is 2.45. The lowest BCUT2D eigenvalue weighted by Crippen LogP contribution is -2.20. The Bertz CT molecular complexity index is 646. The topological polar surface area (TPSA) is 12.0 Å². The Kier molecular flexibility index (Phi) is 3.62. The van der Waals surface area contributed by atoms with Crippen molar-refractivity contribution in [2.45, 2.75) is 31.7 Å². The monoisotopic (exact) mass is 291 g/mol. The molecule has 4 heteroatoms. The van der Waals surface area contributed by atoms with Gasteiger partial charge in [0.15, 0.2) is 11.6 Å². The van der Waals surface area contributed by atoms with Gasteiger partial charge in [0, 0.05) is 12.1 Å². The molecule has 0 spiro atoms. The maximum Gasteiger partial charge on any atom is 0.152 e. The summed E-state index contributed by atoms with van der Waals surface area (Å²) in [4.78, 5) is 0. The lowest BCUT2D eigenvalue weighted by Gasteiger charge is -2.31. The molecule has 2 aromatic carbocycles. The fourth-order valence-corrected chi connectivity index (χ4v) is 3.01. The van der Waals surface area contributed by atoms with E-state index in [1.54, 1.807) is 0 Å². The summed E-state index contributed by atoms with van der Waals surface area (Å²) in [7, 11) is 0. The molecule has 0 saturated carbocycles. The number of hydrogen-bond donors (Lipinski definition) is 1. The standard InChI is InChI=1S/C17H16F3N/c1-10-6-7-16(13-5-3-2-4-12(10)13)21-17-14(19)8-11(18)9-15(17)20/h2-5,8-10,16,21H,6-7H2,1H3. The first-order chi connectivity index (χ1) is 10.1. The van der Waals surface area contributed by atoms with Crippen molar-refractivity contribution in [3.63, 3.8) is 0 Å². The van der Waals surface area contributed by atoms with Crippen LogP contribution in [0.3, 0.4) is 0 Å². The zero-order valence-electron chi connectivity index (χ0n) is 11.7. The van der Waals surface area contributed by atoms with Gasteiger partial charge in [-0.3, -0.25) is 0 Å². The zero-order valence-corrected chi connectivity index (χ0v) is 11.7. The van der Waals surface area contributed by atoms with Gasteiger partial charge in [-0.1, -0.05) is 31.2 Å². The number of benzene rings is 2. The van der Waals surface area contributed by atoms with Gasteiger partial charge in [0.2, 0.25) is 0 Å². The molecule has 2 aromatic rings. The summed E-state index contributed by atoms with van der Waals surface area (Å²) in [5, 5.41) is 2.90. The molecule has 21 heavy (non-hydrogen) atoms. The molecule has 110 valence electrons. The van der Waals surface area contributed by atoms with Crippen molar-refractivity contribution in [2.75, 3.05) is 5.32 Å². The van der Waals surface area contributed by atoms with E-state index in [9.17, 15) is 13.2 Å². The Balaban J connectivity index is 1.95. The van der Waals surface area contributed by atoms with Gasteiger partial charge in [0.1, 0.15) is 11.5 Å². The number of hydrogen-bond acceptors (Lipinski definition) is 1. The summed E-state index contributed by atoms with van der Waals surface area (Å²) < 4.78 is 40.5. The van der Waals surface area contributed by atoms with Gasteiger partial charge in [0.05, 0.1) is 6.04 Å². The first-order valence-electron chi connectivity index (χ1n) is 7.06. The lowest BCUT2D eigenvalue weighted by molar-refractivity contribution is 0.516. The quantitative estimate of drug-likeness (QED) is 0.806. The highest BCUT2D eigenvalue weighted by atomic mass is 19.1. The van der Waals surface area contributed by atoms with Crippen molar-refractivity contribution in [2.24, 2.45) is 0 Å². The summed E-state index contributed by atoms with van der Waals surface area (Å²) >= 11 is 0. The number of fused-ring (bicyclic) bond motifs is 1. The maximum atomic E-state index is 13.8. The summed E-state index contributed by atoms with van der Waals surface area (Å²) in [6, 6.07) is 9.14. The summed E-state index contributed by atoms with van der Waals surface area (Å²) in [5.74, 6) is -2.28. The SMILES string of the molecule is CC1CCC(Nc2c(F)cc(F)cc2F)c2ccccc21. The van der Waals surface area contributed by atoms with Crippen LogP contribution < -0.4 is 5.32 Å². The normalized spacial score (nSPS) is 21.0. The molecule has 0 amide bonds. The minimum atomic E-state index is -0.909. The molecular formula is C17H16F3N. The Morgan fingerprint density at radius 2 is 1.57 bits per heavy atom. The molecule has 0 aliphatic heterocycles. The second-order valence-corrected chi connectivity index (χ2v) is 5.55. The molecule has 0 fully saturated rings. The second kappa shape index (κ2) is 5.43. The molecule has 1 nitrogen and oxygen atoms in total. The highest BCUT2D eigenvalue weighted by Crippen LogP contribution is 2.39. The highest BCUT2D eigenvalue weighted by Gasteiger charge is 2.26. The van der Waals surface area contributed by atoms with Crippen molar-refractivity contribution in [3.8, 4) is 0 Å². The smallest absolute Gasteiger partial charge is 0.152 e. The highest BCUT2D eigenvalue weighted by molar-refractivity contribution is 5.50. The summed E-state index contributed by atoms with van der Waals surface area (Å²) in [6.45, 7) is 2.15. The van der Waals surface area contributed by atoms with Crippen LogP contribution in [0.5, 0.6) is 0 Å². The minimum Gasteiger partial charge on any atom is -0.373 e. The van der Waals surface area contributed by atoms with Crippen molar-refractivity contribution < 1.29 is 13.2 Å². The van der Waals surface area contributed by atoms with Gasteiger partial charge in [-0.2, -0.15) is 0 Å². The van der Waals surface area contributed by atoms with Gasteiger partial charge in [-0.25, -0.2) is 13.2 Å². The number of rotatable bonds is 2. The predicted molar refractivity (Wildman–Crippen MR) is 76.8 cm³/mol. The van der Waals surface area contributed by atoms with Crippen molar-refractivity contribution >= 4 is 5.69 Å². The van der Waals surface area contributed by atoms with Crippen LogP contribution in [0.15, 0.2) is 36.4 Å². The van der Waals surface area contributed by atoms with Crippen LogP contribution in [0.4, 0.5) is 18.9 Å². The molecule has 0 aromatic heterocycles. The largest absolute Gasteiger partial charge is 0.373 e. The van der Waals surface area contributed by atoms with Crippen LogP contribution in [0.2, 0.25) is 0 Å². The predicted octanol–water partition coefficient (Wildman–Crippen LogP) is 5.15. The molecule has 1 aliphatic carbocycles. The third kappa shape index (κ3) is 2.62. The molecule has 2 atom stereocenters. The van der Waals surface area contributed by atoms with Crippen LogP contribution in [0.25, 0.3) is 0 Å². The van der Waals surface area contributed by atoms with E-state index in [0.717, 1.165) is 18.4 Å². The van der Waals surface area contributed by atoms with Gasteiger partial charge >= 0.3 is 0 Å². The fraction of sp³-hybridized carbons (Fsp3) is 0.294. The van der Waals surface area contributed by atoms with Gasteiger partial charge < -0.3 is 5.32 Å². The Labute approximate surface area is 121 Å². The van der Waals surface area contributed by atoms with E-state index in [-0.39, 0.29) is 11.7 Å². The first kappa shape index (κ1) is 14.0. The molecule has 1 N–H and O–H groups in total. The van der Waals surface area contributed by atoms with Crippen LogP contribution in [0, 0.1) is 17.5 Å². The second-order valence-electron chi connectivity index (χ2n) is 5.55. The van der Waals surface area contributed by atoms with E-state index in [1.807, 2.05) is 24.3 Å². The maximum absolute atomic E-state index is 13.8. The molecule has 0 saturated heterocycles. The van der Waals surface area contributed by atoms with E-state index in [1.165, 1.54) is 5.56 Å². The van der Waals surface area contributed by atoms with Crippen molar-refractivity contribution in [1.29, 1.82) is 0 Å². The van der Waals surface area contributed by atoms with Crippen molar-refractivity contribution in [1.82, 2.24) is 0 Å². The van der Waals surface area contributed by atoms with Crippen LogP contribution in [0.1, 0.15) is 42.9 Å². The number of anilines is 1. The molecule has 0 heterocycles. The average molecular weight is 291 g/mol. The Hall–Kier alpha value is -1.97. The van der Waals surface area contributed by atoms with E-state index >= 15 is 0 Å². The molecule has 0 bridgehead atoms. The molecule has 2 unspecified atom stereocenters. The van der Waals surface area contributed by atoms with Crippen LogP contribution in [-0.2, 0) is 0 Å². The minimum absolute atomic E-state index is 0.160. The van der Waals surface area contributed by atoms with Gasteiger partial charge in [0.25, 0.3) is 0 Å². The summed E-state index contributed by atoms with van der Waals surface area (Å²) in [6.07, 6.45) is 1.73. The number of halogens is 3. The third-order valence-corrected chi connectivity index (χ3v) is 4.12. The van der Waals surface area contributed by atoms with E-state index < -0.39 is 17.5 Å². The van der Waals surface area contributed by atoms with E-state index in [4.69, 9.17) is 0 Å². The molecule has 1 aliphatic rings. The van der Waals surface area contributed by atoms with Crippen molar-refractivity contribution in [3.05, 3.63) is 65.0 Å². The first-order valence-corrected chi connectivity index (χ1v) is 7.06. The third-order valence-electron chi connectivity index (χ3n) is 4.12. The summed E-state index contributed by atoms with van der Waals surface area (Å²) in [5.41, 5.74) is 1.99. The van der Waals surface area contributed by atoms with E-state index in [2.05, 4.69) is 12.2 Å². The number of nitrogens with one attached hydrogen (secondary N) is 1. The van der Waals surface area contributed by atoms with Crippen LogP contribution >= 0.6 is 0 Å². The van der Waals surface area contributed by atoms with Gasteiger partial charge in [-0.05, 0) is 29.9 Å². The molecule has 0 radical (unpaired) electrons. The van der Waals surface area contributed by atoms with Gasteiger partial charge in [-0.15, -0.1) is 0 Å². The molecule has 3 rings (SSSR count). The fourth-order valence-electron chi connectivity index (χ4n) is 3.01. The van der Waals surface area contributed by atoms with E-state index in [0.29, 0.717) is 18.1 Å².